The van der Waals surface area contributed by atoms with Gasteiger partial charge in [-0.25, -0.2) is 0 Å². The zero-order valence-corrected chi connectivity index (χ0v) is 14.5. The van der Waals surface area contributed by atoms with Gasteiger partial charge in [0.1, 0.15) is 0 Å². The number of esters is 1. The molecular formula is C18H26ClNO3. The van der Waals surface area contributed by atoms with Crippen LogP contribution in [-0.4, -0.2) is 18.5 Å². The third kappa shape index (κ3) is 9.95. The van der Waals surface area contributed by atoms with E-state index in [4.69, 9.17) is 16.3 Å². The molecule has 1 rings (SSSR count). The van der Waals surface area contributed by atoms with Gasteiger partial charge in [-0.3, -0.25) is 9.59 Å². The van der Waals surface area contributed by atoms with Crippen LogP contribution in [-0.2, 0) is 14.3 Å². The number of unbranched alkanes of at least 4 members (excludes halogenated alkanes) is 4. The van der Waals surface area contributed by atoms with Crippen molar-refractivity contribution in [3.63, 3.8) is 0 Å². The highest BCUT2D eigenvalue weighted by Crippen LogP contribution is 2.14. The zero-order valence-electron chi connectivity index (χ0n) is 13.8. The molecule has 4 nitrogen and oxygen atoms in total. The van der Waals surface area contributed by atoms with Crippen molar-refractivity contribution >= 4 is 29.2 Å². The van der Waals surface area contributed by atoms with Crippen LogP contribution < -0.4 is 5.32 Å². The molecule has 1 aromatic carbocycles. The fraction of sp³-hybridized carbons (Fsp3) is 0.556. The van der Waals surface area contributed by atoms with Crippen molar-refractivity contribution in [3.05, 3.63) is 29.3 Å². The number of hydrogen-bond acceptors (Lipinski definition) is 3. The molecule has 0 bridgehead atoms. The van der Waals surface area contributed by atoms with E-state index in [1.54, 1.807) is 24.3 Å². The van der Waals surface area contributed by atoms with Crippen LogP contribution in [0.1, 0.15) is 58.3 Å². The molecule has 128 valence electrons. The van der Waals surface area contributed by atoms with Gasteiger partial charge in [-0.05, 0) is 37.1 Å². The van der Waals surface area contributed by atoms with Crippen molar-refractivity contribution in [3.8, 4) is 0 Å². The summed E-state index contributed by atoms with van der Waals surface area (Å²) in [7, 11) is 0. The topological polar surface area (TPSA) is 55.4 Å². The van der Waals surface area contributed by atoms with Crippen molar-refractivity contribution in [2.24, 2.45) is 0 Å². The van der Waals surface area contributed by atoms with Gasteiger partial charge in [-0.15, -0.1) is 0 Å². The van der Waals surface area contributed by atoms with E-state index >= 15 is 0 Å². The summed E-state index contributed by atoms with van der Waals surface area (Å²) in [6, 6.07) is 6.92. The Kier molecular flexibility index (Phi) is 10.1. The van der Waals surface area contributed by atoms with Crippen molar-refractivity contribution in [1.82, 2.24) is 0 Å². The molecule has 0 spiro atoms. The first kappa shape index (κ1) is 19.5. The van der Waals surface area contributed by atoms with Crippen LogP contribution in [0.3, 0.4) is 0 Å². The second-order valence-corrected chi connectivity index (χ2v) is 5.98. The van der Waals surface area contributed by atoms with Gasteiger partial charge in [-0.1, -0.05) is 44.2 Å². The standard InChI is InChI=1S/C18H26ClNO3/c1-2-3-4-5-6-14-23-18(22)9-7-8-17(21)20-16-12-10-15(19)11-13-16/h10-13H,2-9,14H2,1H3,(H,20,21). The fourth-order valence-corrected chi connectivity index (χ4v) is 2.24. The van der Waals surface area contributed by atoms with Crippen LogP contribution in [0, 0.1) is 0 Å². The minimum atomic E-state index is -0.222. The zero-order chi connectivity index (χ0) is 16.9. The average molecular weight is 340 g/mol. The van der Waals surface area contributed by atoms with E-state index in [0.29, 0.717) is 30.2 Å². The average Bonchev–Trinajstić information content (AvgIpc) is 2.53. The molecule has 0 aromatic heterocycles. The Morgan fingerprint density at radius 3 is 2.39 bits per heavy atom. The Labute approximate surface area is 143 Å². The lowest BCUT2D eigenvalue weighted by Crippen LogP contribution is -2.12. The molecule has 0 aliphatic rings. The van der Waals surface area contributed by atoms with Gasteiger partial charge < -0.3 is 10.1 Å². The molecule has 1 aromatic rings. The lowest BCUT2D eigenvalue weighted by atomic mass is 10.2. The number of amides is 1. The largest absolute Gasteiger partial charge is 0.466 e. The number of halogens is 1. The molecule has 0 saturated carbocycles. The molecule has 5 heteroatoms. The molecule has 0 saturated heterocycles. The van der Waals surface area contributed by atoms with Crippen LogP contribution in [0.25, 0.3) is 0 Å². The maximum absolute atomic E-state index is 11.7. The third-order valence-corrected chi connectivity index (χ3v) is 3.68. The van der Waals surface area contributed by atoms with E-state index in [0.717, 1.165) is 12.8 Å². The first-order valence-electron chi connectivity index (χ1n) is 8.33. The van der Waals surface area contributed by atoms with Crippen LogP contribution >= 0.6 is 11.6 Å². The van der Waals surface area contributed by atoms with Crippen molar-refractivity contribution in [2.45, 2.75) is 58.3 Å². The second kappa shape index (κ2) is 11.9. The molecule has 0 fully saturated rings. The van der Waals surface area contributed by atoms with E-state index < -0.39 is 0 Å². The summed E-state index contributed by atoms with van der Waals surface area (Å²) in [6.07, 6.45) is 6.73. The summed E-state index contributed by atoms with van der Waals surface area (Å²) in [5.74, 6) is -0.334. The van der Waals surface area contributed by atoms with E-state index in [-0.39, 0.29) is 18.3 Å². The van der Waals surface area contributed by atoms with Crippen LogP contribution in [0.5, 0.6) is 0 Å². The first-order valence-corrected chi connectivity index (χ1v) is 8.70. The molecule has 1 N–H and O–H groups in total. The number of carbonyl (C=O) groups is 2. The normalized spacial score (nSPS) is 10.3. The minimum absolute atomic E-state index is 0.111. The summed E-state index contributed by atoms with van der Waals surface area (Å²) in [5, 5.41) is 3.39. The summed E-state index contributed by atoms with van der Waals surface area (Å²) in [4.78, 5) is 23.3. The van der Waals surface area contributed by atoms with Gasteiger partial charge in [0.2, 0.25) is 5.91 Å². The van der Waals surface area contributed by atoms with Crippen molar-refractivity contribution in [1.29, 1.82) is 0 Å². The first-order chi connectivity index (χ1) is 11.1. The summed E-state index contributed by atoms with van der Waals surface area (Å²) >= 11 is 5.78. The Morgan fingerprint density at radius 1 is 1.00 bits per heavy atom. The van der Waals surface area contributed by atoms with E-state index in [1.165, 1.54) is 19.3 Å². The number of carbonyl (C=O) groups excluding carboxylic acids is 2. The SMILES string of the molecule is CCCCCCCOC(=O)CCCC(=O)Nc1ccc(Cl)cc1. The molecular weight excluding hydrogens is 314 g/mol. The lowest BCUT2D eigenvalue weighted by Gasteiger charge is -2.06. The molecule has 0 radical (unpaired) electrons. The Hall–Kier alpha value is -1.55. The molecule has 0 unspecified atom stereocenters. The van der Waals surface area contributed by atoms with Gasteiger partial charge >= 0.3 is 5.97 Å². The number of anilines is 1. The van der Waals surface area contributed by atoms with Gasteiger partial charge in [-0.2, -0.15) is 0 Å². The maximum Gasteiger partial charge on any atom is 0.305 e. The Balaban J connectivity index is 2.05. The van der Waals surface area contributed by atoms with E-state index in [9.17, 15) is 9.59 Å². The smallest absolute Gasteiger partial charge is 0.305 e. The number of hydrogen-bond donors (Lipinski definition) is 1. The Morgan fingerprint density at radius 2 is 1.70 bits per heavy atom. The van der Waals surface area contributed by atoms with Crippen molar-refractivity contribution in [2.75, 3.05) is 11.9 Å². The minimum Gasteiger partial charge on any atom is -0.466 e. The van der Waals surface area contributed by atoms with Gasteiger partial charge in [0.15, 0.2) is 0 Å². The molecule has 23 heavy (non-hydrogen) atoms. The van der Waals surface area contributed by atoms with E-state index in [1.807, 2.05) is 0 Å². The summed E-state index contributed by atoms with van der Waals surface area (Å²) in [5.41, 5.74) is 0.703. The second-order valence-electron chi connectivity index (χ2n) is 5.54. The number of rotatable bonds is 11. The van der Waals surface area contributed by atoms with Gasteiger partial charge in [0.05, 0.1) is 6.61 Å². The fourth-order valence-electron chi connectivity index (χ4n) is 2.11. The molecule has 0 atom stereocenters. The Bertz CT molecular complexity index is 474. The summed E-state index contributed by atoms with van der Waals surface area (Å²) < 4.78 is 5.15. The molecule has 0 aliphatic heterocycles. The number of nitrogens with one attached hydrogen (secondary N) is 1. The number of ether oxygens (including phenoxy) is 1. The van der Waals surface area contributed by atoms with Crippen LogP contribution in [0.4, 0.5) is 5.69 Å². The molecule has 1 amide bonds. The summed E-state index contributed by atoms with van der Waals surface area (Å²) in [6.45, 7) is 2.66. The monoisotopic (exact) mass is 339 g/mol. The predicted molar refractivity (Wildman–Crippen MR) is 93.7 cm³/mol. The highest BCUT2D eigenvalue weighted by atomic mass is 35.5. The van der Waals surface area contributed by atoms with Crippen LogP contribution in [0.2, 0.25) is 5.02 Å². The highest BCUT2D eigenvalue weighted by Gasteiger charge is 2.06. The van der Waals surface area contributed by atoms with Gasteiger partial charge in [0.25, 0.3) is 0 Å². The van der Waals surface area contributed by atoms with Gasteiger partial charge in [0, 0.05) is 23.6 Å². The highest BCUT2D eigenvalue weighted by molar-refractivity contribution is 6.30. The van der Waals surface area contributed by atoms with Crippen LogP contribution in [0.15, 0.2) is 24.3 Å². The van der Waals surface area contributed by atoms with Crippen molar-refractivity contribution < 1.29 is 14.3 Å². The third-order valence-electron chi connectivity index (χ3n) is 3.42. The maximum atomic E-state index is 11.7. The predicted octanol–water partition coefficient (Wildman–Crippen LogP) is 4.96. The molecule has 0 heterocycles. The molecule has 0 aliphatic carbocycles. The lowest BCUT2D eigenvalue weighted by molar-refractivity contribution is -0.143. The van der Waals surface area contributed by atoms with E-state index in [2.05, 4.69) is 12.2 Å². The quantitative estimate of drug-likeness (QED) is 0.458. The number of benzene rings is 1.